The molecule has 0 aliphatic heterocycles. The van der Waals surface area contributed by atoms with E-state index in [1.807, 2.05) is 58.0 Å². The molecule has 0 aliphatic rings. The Labute approximate surface area is 202 Å². The molecule has 0 heterocycles. The predicted molar refractivity (Wildman–Crippen MR) is 136 cm³/mol. The Bertz CT molecular complexity index is 1240. The maximum Gasteiger partial charge on any atom is 0.264 e. The fourth-order valence-electron chi connectivity index (χ4n) is 3.72. The molecule has 7 heteroatoms. The molecule has 3 rings (SSSR count). The maximum atomic E-state index is 13.7. The van der Waals surface area contributed by atoms with Gasteiger partial charge in [-0.2, -0.15) is 0 Å². The van der Waals surface area contributed by atoms with Gasteiger partial charge in [0.2, 0.25) is 5.91 Å². The Morgan fingerprint density at radius 2 is 1.47 bits per heavy atom. The first-order chi connectivity index (χ1) is 16.1. The molecule has 0 aliphatic carbocycles. The number of benzene rings is 3. The van der Waals surface area contributed by atoms with Crippen molar-refractivity contribution < 1.29 is 17.9 Å². The van der Waals surface area contributed by atoms with E-state index in [9.17, 15) is 13.2 Å². The van der Waals surface area contributed by atoms with Crippen molar-refractivity contribution in [3.63, 3.8) is 0 Å². The van der Waals surface area contributed by atoms with Crippen LogP contribution in [0.2, 0.25) is 0 Å². The highest BCUT2D eigenvalue weighted by Crippen LogP contribution is 2.33. The highest BCUT2D eigenvalue weighted by molar-refractivity contribution is 7.92. The van der Waals surface area contributed by atoms with Gasteiger partial charge in [0.25, 0.3) is 10.0 Å². The lowest BCUT2D eigenvalue weighted by molar-refractivity contribution is -0.120. The number of amides is 1. The van der Waals surface area contributed by atoms with Gasteiger partial charge < -0.3 is 10.1 Å². The Kier molecular flexibility index (Phi) is 7.99. The van der Waals surface area contributed by atoms with Gasteiger partial charge in [-0.3, -0.25) is 9.10 Å². The van der Waals surface area contributed by atoms with Crippen LogP contribution in [-0.2, 0) is 14.8 Å². The number of ether oxygens (including phenoxy) is 1. The molecule has 1 amide bonds. The van der Waals surface area contributed by atoms with E-state index in [1.165, 1.54) is 7.11 Å². The monoisotopic (exact) mass is 480 g/mol. The van der Waals surface area contributed by atoms with Crippen molar-refractivity contribution in [1.29, 1.82) is 0 Å². The van der Waals surface area contributed by atoms with Crippen LogP contribution in [0, 0.1) is 20.8 Å². The first kappa shape index (κ1) is 25.3. The second kappa shape index (κ2) is 10.7. The van der Waals surface area contributed by atoms with Gasteiger partial charge in [0.15, 0.2) is 0 Å². The molecule has 1 atom stereocenters. The highest BCUT2D eigenvalue weighted by atomic mass is 32.2. The van der Waals surface area contributed by atoms with Crippen LogP contribution in [0.3, 0.4) is 0 Å². The molecule has 0 fully saturated rings. The third kappa shape index (κ3) is 5.78. The number of sulfonamides is 1. The van der Waals surface area contributed by atoms with Crippen molar-refractivity contribution >= 4 is 21.6 Å². The number of hydrogen-bond acceptors (Lipinski definition) is 4. The van der Waals surface area contributed by atoms with Crippen LogP contribution in [0.1, 0.15) is 41.6 Å². The number of nitrogens with one attached hydrogen (secondary N) is 1. The smallest absolute Gasteiger partial charge is 0.264 e. The lowest BCUT2D eigenvalue weighted by Gasteiger charge is -2.27. The van der Waals surface area contributed by atoms with Crippen LogP contribution >= 0.6 is 0 Å². The Morgan fingerprint density at radius 1 is 0.912 bits per heavy atom. The summed E-state index contributed by atoms with van der Waals surface area (Å²) in [6.07, 6.45) is 0.674. The molecule has 0 saturated heterocycles. The molecule has 0 aromatic heterocycles. The predicted octanol–water partition coefficient (Wildman–Crippen LogP) is 5.08. The zero-order chi connectivity index (χ0) is 24.9. The zero-order valence-corrected chi connectivity index (χ0v) is 21.1. The molecular weight excluding hydrogens is 448 g/mol. The van der Waals surface area contributed by atoms with E-state index in [0.29, 0.717) is 17.9 Å². The van der Waals surface area contributed by atoms with E-state index >= 15 is 0 Å². The summed E-state index contributed by atoms with van der Waals surface area (Å²) in [5, 5.41) is 3.00. The molecule has 0 bridgehead atoms. The first-order valence-corrected chi connectivity index (χ1v) is 12.7. The van der Waals surface area contributed by atoms with Crippen LogP contribution in [-0.4, -0.2) is 28.0 Å². The van der Waals surface area contributed by atoms with E-state index in [4.69, 9.17) is 4.74 Å². The van der Waals surface area contributed by atoms with Crippen LogP contribution in [0.15, 0.2) is 71.6 Å². The van der Waals surface area contributed by atoms with Crippen molar-refractivity contribution in [2.45, 2.75) is 45.1 Å². The average Bonchev–Trinajstić information content (AvgIpc) is 2.82. The summed E-state index contributed by atoms with van der Waals surface area (Å²) in [6.45, 7) is 7.37. The quantitative estimate of drug-likeness (QED) is 0.463. The third-order valence-electron chi connectivity index (χ3n) is 5.72. The molecular formula is C27H32N2O4S. The van der Waals surface area contributed by atoms with Gasteiger partial charge in [-0.25, -0.2) is 8.42 Å². The van der Waals surface area contributed by atoms with E-state index in [0.717, 1.165) is 26.6 Å². The molecule has 0 saturated carbocycles. The minimum absolute atomic E-state index is 0.111. The number of aryl methyl sites for hydroxylation is 3. The number of anilines is 1. The number of nitrogens with zero attached hydrogens (tertiary/aromatic N) is 1. The van der Waals surface area contributed by atoms with Crippen molar-refractivity contribution in [3.8, 4) is 5.75 Å². The molecule has 1 N–H and O–H groups in total. The van der Waals surface area contributed by atoms with Crippen LogP contribution in [0.4, 0.5) is 5.69 Å². The van der Waals surface area contributed by atoms with Gasteiger partial charge in [0.05, 0.1) is 23.7 Å². The van der Waals surface area contributed by atoms with Gasteiger partial charge in [0, 0.05) is 0 Å². The Hall–Kier alpha value is -3.32. The van der Waals surface area contributed by atoms with E-state index < -0.39 is 15.9 Å². The first-order valence-electron chi connectivity index (χ1n) is 11.3. The fraction of sp³-hybridized carbons (Fsp3) is 0.296. The molecule has 3 aromatic carbocycles. The van der Waals surface area contributed by atoms with E-state index in [1.54, 1.807) is 36.4 Å². The second-order valence-electron chi connectivity index (χ2n) is 8.44. The average molecular weight is 481 g/mol. The number of hydrogen-bond donors (Lipinski definition) is 1. The number of rotatable bonds is 9. The number of carbonyl (C=O) groups is 1. The minimum Gasteiger partial charge on any atom is -0.495 e. The molecule has 0 unspecified atom stereocenters. The van der Waals surface area contributed by atoms with Crippen molar-refractivity contribution in [3.05, 3.63) is 89.0 Å². The van der Waals surface area contributed by atoms with Crippen molar-refractivity contribution in [1.82, 2.24) is 5.32 Å². The van der Waals surface area contributed by atoms with Crippen LogP contribution in [0.25, 0.3) is 0 Å². The van der Waals surface area contributed by atoms with Gasteiger partial charge in [0.1, 0.15) is 12.3 Å². The molecule has 0 spiro atoms. The van der Waals surface area contributed by atoms with Crippen LogP contribution in [0.5, 0.6) is 5.75 Å². The summed E-state index contributed by atoms with van der Waals surface area (Å²) in [4.78, 5) is 13.3. The standard InChI is InChI=1S/C27H32N2O4S/c1-6-24(22-12-7-19(2)8-13-22)28-27(30)18-29(25-17-21(4)11-16-26(25)33-5)34(31,32)23-14-9-20(3)10-15-23/h7-17,24H,6,18H2,1-5H3,(H,28,30)/t24-/m0/s1. The van der Waals surface area contributed by atoms with Crippen molar-refractivity contribution in [2.75, 3.05) is 18.0 Å². The minimum atomic E-state index is -4.04. The summed E-state index contributed by atoms with van der Waals surface area (Å²) in [6, 6.07) is 19.6. The van der Waals surface area contributed by atoms with Crippen LogP contribution < -0.4 is 14.4 Å². The highest BCUT2D eigenvalue weighted by Gasteiger charge is 2.30. The SMILES string of the molecule is CC[C@H](NC(=O)CN(c1cc(C)ccc1OC)S(=O)(=O)c1ccc(C)cc1)c1ccc(C)cc1. The number of methoxy groups -OCH3 is 1. The molecule has 34 heavy (non-hydrogen) atoms. The second-order valence-corrected chi connectivity index (χ2v) is 10.3. The maximum absolute atomic E-state index is 13.7. The molecule has 180 valence electrons. The van der Waals surface area contributed by atoms with E-state index in [-0.39, 0.29) is 17.5 Å². The lowest BCUT2D eigenvalue weighted by Crippen LogP contribution is -2.42. The molecule has 6 nitrogen and oxygen atoms in total. The van der Waals surface area contributed by atoms with Gasteiger partial charge >= 0.3 is 0 Å². The lowest BCUT2D eigenvalue weighted by atomic mass is 10.0. The topological polar surface area (TPSA) is 75.7 Å². The largest absolute Gasteiger partial charge is 0.495 e. The molecule has 0 radical (unpaired) electrons. The summed E-state index contributed by atoms with van der Waals surface area (Å²) in [5.41, 5.74) is 4.22. The van der Waals surface area contributed by atoms with Gasteiger partial charge in [-0.15, -0.1) is 0 Å². The summed E-state index contributed by atoms with van der Waals surface area (Å²) >= 11 is 0. The molecule has 3 aromatic rings. The van der Waals surface area contributed by atoms with Gasteiger partial charge in [-0.05, 0) is 62.6 Å². The van der Waals surface area contributed by atoms with Crippen molar-refractivity contribution in [2.24, 2.45) is 0 Å². The normalized spacial score (nSPS) is 12.1. The summed E-state index contributed by atoms with van der Waals surface area (Å²) in [5.74, 6) is -0.0219. The van der Waals surface area contributed by atoms with Gasteiger partial charge in [-0.1, -0.05) is 60.5 Å². The Balaban J connectivity index is 1.98. The van der Waals surface area contributed by atoms with E-state index in [2.05, 4.69) is 5.32 Å². The third-order valence-corrected chi connectivity index (χ3v) is 7.50. The fourth-order valence-corrected chi connectivity index (χ4v) is 5.15. The Morgan fingerprint density at radius 3 is 2.03 bits per heavy atom. The zero-order valence-electron chi connectivity index (χ0n) is 20.3. The summed E-state index contributed by atoms with van der Waals surface area (Å²) < 4.78 is 34.0. The summed E-state index contributed by atoms with van der Waals surface area (Å²) in [7, 11) is -2.55. The number of carbonyl (C=O) groups excluding carboxylic acids is 1.